The van der Waals surface area contributed by atoms with Crippen molar-refractivity contribution in [2.45, 2.75) is 19.8 Å². The van der Waals surface area contributed by atoms with Crippen molar-refractivity contribution in [3.8, 4) is 0 Å². The lowest BCUT2D eigenvalue weighted by Gasteiger charge is -2.24. The summed E-state index contributed by atoms with van der Waals surface area (Å²) in [5.74, 6) is 0. The smallest absolute Gasteiger partial charge is 0.373 e. The molecule has 1 rings (SSSR count). The van der Waals surface area contributed by atoms with Gasteiger partial charge in [-0.2, -0.15) is 0 Å². The van der Waals surface area contributed by atoms with Crippen molar-refractivity contribution in [2.75, 3.05) is 21.3 Å². The van der Waals surface area contributed by atoms with E-state index in [1.54, 1.807) is 21.3 Å². The zero-order valence-electron chi connectivity index (χ0n) is 10.4. The summed E-state index contributed by atoms with van der Waals surface area (Å²) in [6.07, 6.45) is 2.25. The van der Waals surface area contributed by atoms with Crippen LogP contribution >= 0.6 is 0 Å². The summed E-state index contributed by atoms with van der Waals surface area (Å²) in [7, 11) is 2.23. The Hall–Kier alpha value is -0.683. The first-order valence-electron chi connectivity index (χ1n) is 5.47. The molecule has 0 heterocycles. The second-order valence-corrected chi connectivity index (χ2v) is 6.53. The molecule has 3 nitrogen and oxygen atoms in total. The van der Waals surface area contributed by atoms with Crippen LogP contribution in [0.1, 0.15) is 18.9 Å². The Morgan fingerprint density at radius 1 is 0.938 bits per heavy atom. The fourth-order valence-electron chi connectivity index (χ4n) is 1.77. The lowest BCUT2D eigenvalue weighted by atomic mass is 10.1. The molecule has 90 valence electrons. The van der Waals surface area contributed by atoms with Gasteiger partial charge in [-0.1, -0.05) is 37.6 Å². The Morgan fingerprint density at radius 3 is 1.81 bits per heavy atom. The molecular weight excluding hydrogens is 220 g/mol. The molecule has 0 aliphatic rings. The summed E-state index contributed by atoms with van der Waals surface area (Å²) in [6.45, 7) is 2.17. The Labute approximate surface area is 98.7 Å². The van der Waals surface area contributed by atoms with Crippen LogP contribution in [0.5, 0.6) is 0 Å². The Morgan fingerprint density at radius 2 is 1.44 bits per heavy atom. The van der Waals surface area contributed by atoms with Crippen molar-refractivity contribution in [1.82, 2.24) is 0 Å². The molecule has 0 N–H and O–H groups in total. The molecule has 0 bridgehead atoms. The van der Waals surface area contributed by atoms with Crippen LogP contribution in [0.3, 0.4) is 0 Å². The summed E-state index contributed by atoms with van der Waals surface area (Å²) in [5.41, 5.74) is 1.33. The molecule has 0 spiro atoms. The number of hydrogen-bond acceptors (Lipinski definition) is 3. The highest BCUT2D eigenvalue weighted by molar-refractivity contribution is 6.75. The van der Waals surface area contributed by atoms with Crippen molar-refractivity contribution in [2.24, 2.45) is 0 Å². The van der Waals surface area contributed by atoms with E-state index in [-0.39, 0.29) is 0 Å². The van der Waals surface area contributed by atoms with E-state index >= 15 is 0 Å². The number of rotatable bonds is 6. The number of benzene rings is 1. The first-order chi connectivity index (χ1) is 7.72. The van der Waals surface area contributed by atoms with Crippen LogP contribution in [-0.4, -0.2) is 30.1 Å². The van der Waals surface area contributed by atoms with E-state index < -0.39 is 8.80 Å². The minimum Gasteiger partial charge on any atom is -0.373 e. The SMILES string of the molecule is CCCc1ccc([Si](OC)(OC)OC)cc1. The van der Waals surface area contributed by atoms with Gasteiger partial charge in [-0.25, -0.2) is 0 Å². The lowest BCUT2D eigenvalue weighted by molar-refractivity contribution is 0.140. The molecule has 0 fully saturated rings. The maximum atomic E-state index is 5.42. The minimum absolute atomic E-state index is 1.000. The van der Waals surface area contributed by atoms with Gasteiger partial charge in [0.15, 0.2) is 0 Å². The highest BCUT2D eigenvalue weighted by Gasteiger charge is 2.40. The fourth-order valence-corrected chi connectivity index (χ4v) is 3.55. The van der Waals surface area contributed by atoms with E-state index in [9.17, 15) is 0 Å². The average Bonchev–Trinajstić information content (AvgIpc) is 2.34. The molecule has 0 saturated heterocycles. The van der Waals surface area contributed by atoms with Crippen LogP contribution in [0.4, 0.5) is 0 Å². The van der Waals surface area contributed by atoms with Crippen molar-refractivity contribution in [1.29, 1.82) is 0 Å². The van der Waals surface area contributed by atoms with E-state index in [2.05, 4.69) is 19.1 Å². The molecular formula is C12H20O3Si. The molecule has 0 saturated carbocycles. The molecule has 0 radical (unpaired) electrons. The lowest BCUT2D eigenvalue weighted by Crippen LogP contribution is -2.54. The monoisotopic (exact) mass is 240 g/mol. The zero-order valence-corrected chi connectivity index (χ0v) is 11.4. The molecule has 1 aromatic carbocycles. The zero-order chi connectivity index (χ0) is 12.0. The van der Waals surface area contributed by atoms with Gasteiger partial charge in [0, 0.05) is 26.5 Å². The summed E-state index contributed by atoms with van der Waals surface area (Å²) < 4.78 is 16.2. The van der Waals surface area contributed by atoms with Gasteiger partial charge in [-0.05, 0) is 12.0 Å². The molecule has 0 amide bonds. The maximum Gasteiger partial charge on any atom is 0.536 e. The van der Waals surface area contributed by atoms with Gasteiger partial charge in [0.25, 0.3) is 0 Å². The Balaban J connectivity index is 2.94. The van der Waals surface area contributed by atoms with E-state index in [0.29, 0.717) is 0 Å². The summed E-state index contributed by atoms with van der Waals surface area (Å²) in [6, 6.07) is 8.29. The van der Waals surface area contributed by atoms with Gasteiger partial charge >= 0.3 is 8.80 Å². The number of hydrogen-bond donors (Lipinski definition) is 0. The predicted molar refractivity (Wildman–Crippen MR) is 66.9 cm³/mol. The summed E-state index contributed by atoms with van der Waals surface area (Å²) in [5, 5.41) is 1.000. The molecule has 0 atom stereocenters. The molecule has 1 aromatic rings. The van der Waals surface area contributed by atoms with Crippen LogP contribution in [-0.2, 0) is 19.7 Å². The van der Waals surface area contributed by atoms with Gasteiger partial charge < -0.3 is 13.3 Å². The third-order valence-corrected chi connectivity index (χ3v) is 5.31. The van der Waals surface area contributed by atoms with Crippen molar-refractivity contribution in [3.05, 3.63) is 29.8 Å². The van der Waals surface area contributed by atoms with Crippen LogP contribution < -0.4 is 5.19 Å². The van der Waals surface area contributed by atoms with Crippen molar-refractivity contribution >= 4 is 14.0 Å². The third kappa shape index (κ3) is 2.71. The molecule has 0 aliphatic carbocycles. The first-order valence-corrected chi connectivity index (χ1v) is 7.19. The third-order valence-electron chi connectivity index (χ3n) is 2.65. The van der Waals surface area contributed by atoms with Crippen LogP contribution in [0.25, 0.3) is 0 Å². The number of aryl methyl sites for hydroxylation is 1. The van der Waals surface area contributed by atoms with E-state index in [1.807, 2.05) is 12.1 Å². The predicted octanol–water partition coefficient (Wildman–Crippen LogP) is 1.72. The normalized spacial score (nSPS) is 11.8. The second kappa shape index (κ2) is 6.15. The van der Waals surface area contributed by atoms with Crippen LogP contribution in [0.15, 0.2) is 24.3 Å². The largest absolute Gasteiger partial charge is 0.536 e. The molecule has 0 aliphatic heterocycles. The van der Waals surface area contributed by atoms with Gasteiger partial charge in [-0.15, -0.1) is 0 Å². The fraction of sp³-hybridized carbons (Fsp3) is 0.500. The average molecular weight is 240 g/mol. The van der Waals surface area contributed by atoms with Gasteiger partial charge in [0.05, 0.1) is 0 Å². The first kappa shape index (κ1) is 13.4. The van der Waals surface area contributed by atoms with Crippen LogP contribution in [0, 0.1) is 0 Å². The quantitative estimate of drug-likeness (QED) is 0.709. The summed E-state index contributed by atoms with van der Waals surface area (Å²) >= 11 is 0. The standard InChI is InChI=1S/C12H20O3Si/c1-5-6-11-7-9-12(10-8-11)16(13-2,14-3)15-4/h7-10H,5-6H2,1-4H3. The second-order valence-electron chi connectivity index (χ2n) is 3.62. The van der Waals surface area contributed by atoms with E-state index in [1.165, 1.54) is 5.56 Å². The molecule has 4 heteroatoms. The summed E-state index contributed by atoms with van der Waals surface area (Å²) in [4.78, 5) is 0. The van der Waals surface area contributed by atoms with Gasteiger partial charge in [-0.3, -0.25) is 0 Å². The van der Waals surface area contributed by atoms with E-state index in [0.717, 1.165) is 18.0 Å². The van der Waals surface area contributed by atoms with Crippen molar-refractivity contribution in [3.63, 3.8) is 0 Å². The highest BCUT2D eigenvalue weighted by Crippen LogP contribution is 2.09. The highest BCUT2D eigenvalue weighted by atomic mass is 28.4. The Kier molecular flexibility index (Phi) is 5.14. The maximum absolute atomic E-state index is 5.42. The van der Waals surface area contributed by atoms with Crippen molar-refractivity contribution < 1.29 is 13.3 Å². The molecule has 0 unspecified atom stereocenters. The van der Waals surface area contributed by atoms with Crippen LogP contribution in [0.2, 0.25) is 0 Å². The molecule has 16 heavy (non-hydrogen) atoms. The minimum atomic E-state index is -2.64. The van der Waals surface area contributed by atoms with Gasteiger partial charge in [0.1, 0.15) is 0 Å². The van der Waals surface area contributed by atoms with Gasteiger partial charge in [0.2, 0.25) is 0 Å². The Bertz CT molecular complexity index is 298. The topological polar surface area (TPSA) is 27.7 Å². The van der Waals surface area contributed by atoms with E-state index in [4.69, 9.17) is 13.3 Å². The molecule has 0 aromatic heterocycles.